The highest BCUT2D eigenvalue weighted by Crippen LogP contribution is 2.28. The van der Waals surface area contributed by atoms with Gasteiger partial charge in [-0.25, -0.2) is 4.79 Å². The Hall–Kier alpha value is -3.26. The molecule has 1 aliphatic rings. The fourth-order valence-electron chi connectivity index (χ4n) is 3.47. The van der Waals surface area contributed by atoms with E-state index in [1.807, 2.05) is 19.9 Å². The van der Waals surface area contributed by atoms with E-state index in [0.29, 0.717) is 67.8 Å². The second kappa shape index (κ2) is 11.4. The molecule has 1 saturated heterocycles. The summed E-state index contributed by atoms with van der Waals surface area (Å²) in [6.45, 7) is 9.29. The van der Waals surface area contributed by atoms with Gasteiger partial charge in [0.05, 0.1) is 44.3 Å². The van der Waals surface area contributed by atoms with Crippen LogP contribution in [0.5, 0.6) is 11.5 Å². The van der Waals surface area contributed by atoms with Crippen molar-refractivity contribution in [1.82, 2.24) is 0 Å². The van der Waals surface area contributed by atoms with Gasteiger partial charge in [-0.1, -0.05) is 0 Å². The minimum absolute atomic E-state index is 0.266. The number of rotatable bonds is 9. The summed E-state index contributed by atoms with van der Waals surface area (Å²) < 4.78 is 21.8. The Bertz CT molecular complexity index is 916. The number of ether oxygens (including phenoxy) is 4. The third kappa shape index (κ3) is 5.91. The fourth-order valence-corrected chi connectivity index (χ4v) is 3.47. The van der Waals surface area contributed by atoms with Crippen LogP contribution in [0.4, 0.5) is 11.4 Å². The van der Waals surface area contributed by atoms with Gasteiger partial charge in [0.1, 0.15) is 11.5 Å². The van der Waals surface area contributed by atoms with E-state index in [0.717, 1.165) is 5.69 Å². The summed E-state index contributed by atoms with van der Waals surface area (Å²) in [5, 5.41) is 2.86. The smallest absolute Gasteiger partial charge is 0.340 e. The molecule has 0 atom stereocenters. The lowest BCUT2D eigenvalue weighted by Gasteiger charge is -2.30. The molecule has 1 amide bonds. The molecule has 1 N–H and O–H groups in total. The molecule has 0 bridgehead atoms. The molecule has 0 radical (unpaired) electrons. The van der Waals surface area contributed by atoms with Crippen molar-refractivity contribution in [2.75, 3.05) is 56.3 Å². The van der Waals surface area contributed by atoms with Gasteiger partial charge < -0.3 is 29.2 Å². The van der Waals surface area contributed by atoms with Crippen LogP contribution in [0.2, 0.25) is 0 Å². The third-order valence-corrected chi connectivity index (χ3v) is 4.87. The summed E-state index contributed by atoms with van der Waals surface area (Å²) in [4.78, 5) is 27.7. The lowest BCUT2D eigenvalue weighted by molar-refractivity contribution is 0.0526. The number of nitrogens with one attached hydrogen (secondary N) is 1. The highest BCUT2D eigenvalue weighted by molar-refractivity contribution is 6.06. The minimum atomic E-state index is -0.429. The van der Waals surface area contributed by atoms with E-state index in [4.69, 9.17) is 18.9 Å². The predicted octanol–water partition coefficient (Wildman–Crippen LogP) is 3.75. The molecule has 1 fully saturated rings. The highest BCUT2D eigenvalue weighted by atomic mass is 16.5. The molecule has 8 heteroatoms. The van der Waals surface area contributed by atoms with Crippen molar-refractivity contribution in [1.29, 1.82) is 0 Å². The van der Waals surface area contributed by atoms with Crippen LogP contribution in [0.15, 0.2) is 36.4 Å². The number of esters is 1. The van der Waals surface area contributed by atoms with E-state index >= 15 is 0 Å². The zero-order valence-electron chi connectivity index (χ0n) is 18.8. The lowest BCUT2D eigenvalue weighted by Crippen LogP contribution is -2.37. The van der Waals surface area contributed by atoms with E-state index in [1.54, 1.807) is 37.3 Å². The molecular weight excluding hydrogens is 412 g/mol. The zero-order valence-corrected chi connectivity index (χ0v) is 18.8. The van der Waals surface area contributed by atoms with Gasteiger partial charge in [0.25, 0.3) is 5.91 Å². The van der Waals surface area contributed by atoms with Crippen molar-refractivity contribution in [2.45, 2.75) is 20.8 Å². The van der Waals surface area contributed by atoms with Gasteiger partial charge in [0.15, 0.2) is 0 Å². The number of anilines is 2. The van der Waals surface area contributed by atoms with E-state index in [-0.39, 0.29) is 12.5 Å². The number of carbonyl (C=O) groups excluding carboxylic acids is 2. The maximum Gasteiger partial charge on any atom is 0.340 e. The average molecular weight is 443 g/mol. The van der Waals surface area contributed by atoms with Gasteiger partial charge in [-0.3, -0.25) is 4.79 Å². The van der Waals surface area contributed by atoms with Crippen LogP contribution in [0.1, 0.15) is 41.5 Å². The number of hydrogen-bond acceptors (Lipinski definition) is 7. The van der Waals surface area contributed by atoms with Gasteiger partial charge in [-0.2, -0.15) is 0 Å². The quantitative estimate of drug-likeness (QED) is 0.592. The SMILES string of the molecule is CCOC(=O)c1cc(NC(=O)c2cc(OCC)cc(OCC)c2)ccc1N1CCOCC1. The van der Waals surface area contributed by atoms with Crippen LogP contribution in [0, 0.1) is 0 Å². The number of carbonyl (C=O) groups is 2. The molecule has 1 heterocycles. The molecule has 8 nitrogen and oxygen atoms in total. The monoisotopic (exact) mass is 442 g/mol. The van der Waals surface area contributed by atoms with E-state index in [1.165, 1.54) is 0 Å². The van der Waals surface area contributed by atoms with Crippen LogP contribution < -0.4 is 19.7 Å². The van der Waals surface area contributed by atoms with Gasteiger partial charge >= 0.3 is 5.97 Å². The van der Waals surface area contributed by atoms with Crippen LogP contribution >= 0.6 is 0 Å². The van der Waals surface area contributed by atoms with Gasteiger partial charge in [-0.05, 0) is 51.1 Å². The first-order chi connectivity index (χ1) is 15.5. The Kier molecular flexibility index (Phi) is 8.33. The normalized spacial score (nSPS) is 13.4. The Balaban J connectivity index is 1.87. The number of hydrogen-bond donors (Lipinski definition) is 1. The summed E-state index contributed by atoms with van der Waals surface area (Å²) in [6, 6.07) is 10.3. The summed E-state index contributed by atoms with van der Waals surface area (Å²) in [5.74, 6) is 0.348. The Morgan fingerprint density at radius 2 is 1.59 bits per heavy atom. The first-order valence-electron chi connectivity index (χ1n) is 10.9. The molecular formula is C24H30N2O6. The molecule has 1 aliphatic heterocycles. The Labute approximate surface area is 188 Å². The molecule has 0 saturated carbocycles. The molecule has 0 aromatic heterocycles. The largest absolute Gasteiger partial charge is 0.494 e. The number of amides is 1. The second-order valence-electron chi connectivity index (χ2n) is 7.07. The second-order valence-corrected chi connectivity index (χ2v) is 7.07. The molecule has 2 aromatic carbocycles. The van der Waals surface area contributed by atoms with Crippen molar-refractivity contribution in [3.05, 3.63) is 47.5 Å². The summed E-state index contributed by atoms with van der Waals surface area (Å²) >= 11 is 0. The topological polar surface area (TPSA) is 86.3 Å². The molecule has 2 aromatic rings. The van der Waals surface area contributed by atoms with Gasteiger partial charge in [0.2, 0.25) is 0 Å². The summed E-state index contributed by atoms with van der Waals surface area (Å²) in [5.41, 5.74) is 2.07. The molecule has 0 aliphatic carbocycles. The minimum Gasteiger partial charge on any atom is -0.494 e. The third-order valence-electron chi connectivity index (χ3n) is 4.87. The maximum absolute atomic E-state index is 13.0. The predicted molar refractivity (Wildman–Crippen MR) is 122 cm³/mol. The fraction of sp³-hybridized carbons (Fsp3) is 0.417. The van der Waals surface area contributed by atoms with E-state index < -0.39 is 5.97 Å². The Morgan fingerprint density at radius 1 is 0.938 bits per heavy atom. The number of benzene rings is 2. The lowest BCUT2D eigenvalue weighted by atomic mass is 10.1. The molecule has 32 heavy (non-hydrogen) atoms. The first kappa shape index (κ1) is 23.4. The number of nitrogens with zero attached hydrogens (tertiary/aromatic N) is 1. The number of morpholine rings is 1. The van der Waals surface area contributed by atoms with Crippen molar-refractivity contribution in [3.8, 4) is 11.5 Å². The van der Waals surface area contributed by atoms with Crippen LogP contribution in [0.3, 0.4) is 0 Å². The zero-order chi connectivity index (χ0) is 22.9. The van der Waals surface area contributed by atoms with Crippen LogP contribution in [-0.4, -0.2) is 58.0 Å². The average Bonchev–Trinajstić information content (AvgIpc) is 2.80. The molecule has 0 unspecified atom stereocenters. The van der Waals surface area contributed by atoms with Crippen LogP contribution in [0.25, 0.3) is 0 Å². The summed E-state index contributed by atoms with van der Waals surface area (Å²) in [7, 11) is 0. The van der Waals surface area contributed by atoms with Crippen molar-refractivity contribution >= 4 is 23.3 Å². The Morgan fingerprint density at radius 3 is 2.19 bits per heavy atom. The summed E-state index contributed by atoms with van der Waals surface area (Å²) in [6.07, 6.45) is 0. The van der Waals surface area contributed by atoms with E-state index in [9.17, 15) is 9.59 Å². The van der Waals surface area contributed by atoms with Crippen molar-refractivity contribution < 1.29 is 28.5 Å². The first-order valence-corrected chi connectivity index (χ1v) is 10.9. The molecule has 0 spiro atoms. The van der Waals surface area contributed by atoms with Gasteiger partial charge in [-0.15, -0.1) is 0 Å². The van der Waals surface area contributed by atoms with E-state index in [2.05, 4.69) is 10.2 Å². The maximum atomic E-state index is 13.0. The molecule has 3 rings (SSSR count). The van der Waals surface area contributed by atoms with Gasteiger partial charge in [0, 0.05) is 30.4 Å². The molecule has 172 valence electrons. The van der Waals surface area contributed by atoms with Crippen molar-refractivity contribution in [2.24, 2.45) is 0 Å². The van der Waals surface area contributed by atoms with Crippen molar-refractivity contribution in [3.63, 3.8) is 0 Å². The standard InChI is InChI=1S/C24H30N2O6/c1-4-30-19-13-17(14-20(16-19)31-5-2)23(27)25-18-7-8-22(26-9-11-29-12-10-26)21(15-18)24(28)32-6-3/h7-8,13-16H,4-6,9-12H2,1-3H3,(H,25,27). The highest BCUT2D eigenvalue weighted by Gasteiger charge is 2.21. The van der Waals surface area contributed by atoms with Crippen LogP contribution in [-0.2, 0) is 9.47 Å².